The van der Waals surface area contributed by atoms with Gasteiger partial charge in [-0.25, -0.2) is 9.55 Å². The average Bonchev–Trinajstić information content (AvgIpc) is 3.31. The van der Waals surface area contributed by atoms with Crippen molar-refractivity contribution in [3.63, 3.8) is 0 Å². The fourth-order valence-corrected chi connectivity index (χ4v) is 4.98. The molecule has 0 saturated heterocycles. The lowest BCUT2D eigenvalue weighted by molar-refractivity contribution is -0.660. The maximum absolute atomic E-state index is 8.88. The number of hydrogen-bond donors (Lipinski definition) is 0. The second-order valence-electron chi connectivity index (χ2n) is 10.4. The molecule has 0 bridgehead atoms. The van der Waals surface area contributed by atoms with E-state index in [1.54, 1.807) is 0 Å². The zero-order valence-electron chi connectivity index (χ0n) is 20.4. The molecule has 0 amide bonds. The molecule has 3 heteroatoms. The van der Waals surface area contributed by atoms with E-state index in [2.05, 4.69) is 81.9 Å². The molecule has 3 nitrogen and oxygen atoms in total. The number of furan rings is 1. The predicted molar refractivity (Wildman–Crippen MR) is 127 cm³/mol. The summed E-state index contributed by atoms with van der Waals surface area (Å²) in [4.78, 5) is 4.86. The number of aromatic nitrogens is 2. The number of aryl methyl sites for hydroxylation is 2. The summed E-state index contributed by atoms with van der Waals surface area (Å²) < 4.78 is 17.5. The Morgan fingerprint density at radius 2 is 1.81 bits per heavy atom. The molecule has 3 heterocycles. The van der Waals surface area contributed by atoms with Gasteiger partial charge in [0.2, 0.25) is 11.4 Å². The summed E-state index contributed by atoms with van der Waals surface area (Å²) in [6.07, 6.45) is 7.26. The Balaban J connectivity index is 1.65. The lowest BCUT2D eigenvalue weighted by atomic mass is 9.90. The monoisotopic (exact) mass is 414 g/mol. The van der Waals surface area contributed by atoms with Crippen LogP contribution in [0.15, 0.2) is 47.0 Å². The number of fused-ring (bicyclic) bond motifs is 3. The summed E-state index contributed by atoms with van der Waals surface area (Å²) >= 11 is 0. The van der Waals surface area contributed by atoms with Crippen LogP contribution in [0.1, 0.15) is 70.5 Å². The first kappa shape index (κ1) is 19.0. The summed E-state index contributed by atoms with van der Waals surface area (Å²) in [7, 11) is 2.08. The first-order valence-electron chi connectivity index (χ1n) is 12.0. The normalized spacial score (nSPS) is 16.9. The molecule has 1 saturated carbocycles. The zero-order chi connectivity index (χ0) is 22.7. The highest BCUT2D eigenvalue weighted by Crippen LogP contribution is 2.38. The van der Waals surface area contributed by atoms with Gasteiger partial charge >= 0.3 is 0 Å². The molecule has 3 aromatic heterocycles. The zero-order valence-corrected chi connectivity index (χ0v) is 19.4. The van der Waals surface area contributed by atoms with Crippen molar-refractivity contribution in [1.29, 1.82) is 0 Å². The molecule has 1 aliphatic rings. The Labute approximate surface area is 186 Å². The third kappa shape index (κ3) is 3.75. The number of pyridine rings is 2. The summed E-state index contributed by atoms with van der Waals surface area (Å²) in [6.45, 7) is 8.83. The quantitative estimate of drug-likeness (QED) is 0.337. The van der Waals surface area contributed by atoms with E-state index in [1.165, 1.54) is 5.56 Å². The molecule has 0 atom stereocenters. The van der Waals surface area contributed by atoms with Crippen LogP contribution in [-0.2, 0) is 13.5 Å². The standard InChI is InChI=1S/C28H33N2O/c1-18-10-13-22-23-14-12-21(16-28(2,3)4)29-27(23)31-26(22)25(18)24-15-11-20(17-30(24)5)19-8-6-7-9-19/h10-15,17,19H,6-9,16H2,1-5H3/q+1/i19D. The fraction of sp³-hybridized carbons (Fsp3) is 0.429. The van der Waals surface area contributed by atoms with Crippen LogP contribution in [0.25, 0.3) is 33.3 Å². The molecule has 1 fully saturated rings. The number of benzene rings is 1. The van der Waals surface area contributed by atoms with Gasteiger partial charge in [-0.2, -0.15) is 0 Å². The van der Waals surface area contributed by atoms with Crippen molar-refractivity contribution in [3.05, 3.63) is 59.4 Å². The van der Waals surface area contributed by atoms with E-state index >= 15 is 0 Å². The van der Waals surface area contributed by atoms with Gasteiger partial charge in [-0.3, -0.25) is 0 Å². The Bertz CT molecular complexity index is 1320. The Kier molecular flexibility index (Phi) is 4.59. The van der Waals surface area contributed by atoms with E-state index in [-0.39, 0.29) is 5.41 Å². The highest BCUT2D eigenvalue weighted by Gasteiger charge is 2.24. The summed E-state index contributed by atoms with van der Waals surface area (Å²) in [5, 5.41) is 2.17. The Morgan fingerprint density at radius 3 is 2.52 bits per heavy atom. The lowest BCUT2D eigenvalue weighted by Crippen LogP contribution is -2.31. The van der Waals surface area contributed by atoms with Crippen LogP contribution >= 0.6 is 0 Å². The topological polar surface area (TPSA) is 29.9 Å². The Hall–Kier alpha value is -2.68. The van der Waals surface area contributed by atoms with Gasteiger partial charge in [0.05, 0.1) is 5.56 Å². The van der Waals surface area contributed by atoms with Crippen molar-refractivity contribution in [2.24, 2.45) is 12.5 Å². The predicted octanol–water partition coefficient (Wildman–Crippen LogP) is 7.03. The number of hydrogen-bond acceptors (Lipinski definition) is 2. The van der Waals surface area contributed by atoms with E-state index in [9.17, 15) is 0 Å². The molecular weight excluding hydrogens is 380 g/mol. The van der Waals surface area contributed by atoms with Gasteiger partial charge in [-0.15, -0.1) is 0 Å². The molecule has 0 unspecified atom stereocenters. The first-order chi connectivity index (χ1) is 15.1. The molecule has 0 radical (unpaired) electrons. The van der Waals surface area contributed by atoms with Crippen LogP contribution in [0.4, 0.5) is 0 Å². The summed E-state index contributed by atoms with van der Waals surface area (Å²) in [6, 6.07) is 12.9. The van der Waals surface area contributed by atoms with E-state index < -0.39 is 5.89 Å². The molecule has 1 aromatic carbocycles. The molecule has 0 aliphatic heterocycles. The maximum atomic E-state index is 8.88. The van der Waals surface area contributed by atoms with Crippen LogP contribution in [0, 0.1) is 12.3 Å². The Morgan fingerprint density at radius 1 is 1.06 bits per heavy atom. The highest BCUT2D eigenvalue weighted by atomic mass is 16.3. The molecule has 31 heavy (non-hydrogen) atoms. The van der Waals surface area contributed by atoms with E-state index in [4.69, 9.17) is 10.8 Å². The second kappa shape index (κ2) is 7.47. The average molecular weight is 415 g/mol. The molecular formula is C28H33N2O+. The second-order valence-corrected chi connectivity index (χ2v) is 10.4. The highest BCUT2D eigenvalue weighted by molar-refractivity contribution is 6.08. The van der Waals surface area contributed by atoms with Gasteiger partial charge in [0.15, 0.2) is 11.8 Å². The van der Waals surface area contributed by atoms with Crippen LogP contribution in [0.2, 0.25) is 0 Å². The third-order valence-corrected chi connectivity index (χ3v) is 6.49. The van der Waals surface area contributed by atoms with E-state index in [1.807, 2.05) is 0 Å². The fourth-order valence-electron chi connectivity index (χ4n) is 4.98. The minimum atomic E-state index is -0.440. The molecule has 5 rings (SSSR count). The smallest absolute Gasteiger partial charge is 0.227 e. The minimum absolute atomic E-state index is 0.179. The molecule has 160 valence electrons. The largest absolute Gasteiger partial charge is 0.437 e. The van der Waals surface area contributed by atoms with Crippen molar-refractivity contribution >= 4 is 22.1 Å². The van der Waals surface area contributed by atoms with Crippen molar-refractivity contribution in [3.8, 4) is 11.3 Å². The van der Waals surface area contributed by atoms with Crippen molar-refractivity contribution < 1.29 is 10.4 Å². The molecule has 0 N–H and O–H groups in total. The minimum Gasteiger partial charge on any atom is -0.437 e. The van der Waals surface area contributed by atoms with Crippen LogP contribution in [0.5, 0.6) is 0 Å². The van der Waals surface area contributed by atoms with Crippen molar-refractivity contribution in [1.82, 2.24) is 4.98 Å². The van der Waals surface area contributed by atoms with Gasteiger partial charge in [0.25, 0.3) is 0 Å². The van der Waals surface area contributed by atoms with Crippen LogP contribution in [0.3, 0.4) is 0 Å². The van der Waals surface area contributed by atoms with Crippen molar-refractivity contribution in [2.45, 2.75) is 65.7 Å². The van der Waals surface area contributed by atoms with Crippen molar-refractivity contribution in [2.75, 3.05) is 0 Å². The van der Waals surface area contributed by atoms with E-state index in [0.29, 0.717) is 5.71 Å². The third-order valence-electron chi connectivity index (χ3n) is 6.49. The van der Waals surface area contributed by atoms with Crippen LogP contribution < -0.4 is 4.57 Å². The maximum Gasteiger partial charge on any atom is 0.227 e. The van der Waals surface area contributed by atoms with Gasteiger partial charge in [-0.05, 0) is 61.3 Å². The van der Waals surface area contributed by atoms with Gasteiger partial charge in [0, 0.05) is 29.5 Å². The SMILES string of the molecule is [2H]C1(c2ccc(-c3c(C)ccc4c3oc3nc(CC(C)(C)C)ccc34)[n+](C)c2)CCCC1. The summed E-state index contributed by atoms with van der Waals surface area (Å²) in [5.41, 5.74) is 7.35. The van der Waals surface area contributed by atoms with Crippen LogP contribution in [-0.4, -0.2) is 4.98 Å². The first-order valence-corrected chi connectivity index (χ1v) is 11.5. The van der Waals surface area contributed by atoms with E-state index in [0.717, 1.165) is 71.0 Å². The van der Waals surface area contributed by atoms with Gasteiger partial charge < -0.3 is 4.42 Å². The molecule has 0 spiro atoms. The summed E-state index contributed by atoms with van der Waals surface area (Å²) in [5.74, 6) is -0.440. The molecule has 4 aromatic rings. The van der Waals surface area contributed by atoms with Gasteiger partial charge in [0.1, 0.15) is 7.05 Å². The van der Waals surface area contributed by atoms with Gasteiger partial charge in [-0.1, -0.05) is 45.7 Å². The molecule has 1 aliphatic carbocycles. The lowest BCUT2D eigenvalue weighted by Gasteiger charge is -2.16. The number of nitrogens with zero attached hydrogens (tertiary/aromatic N) is 2. The number of rotatable bonds is 3.